The highest BCUT2D eigenvalue weighted by Gasteiger charge is 2.39. The van der Waals surface area contributed by atoms with Gasteiger partial charge in [-0.3, -0.25) is 4.79 Å². The Morgan fingerprint density at radius 2 is 1.81 bits per heavy atom. The van der Waals surface area contributed by atoms with Crippen molar-refractivity contribution in [3.05, 3.63) is 29.3 Å². The highest BCUT2D eigenvalue weighted by atomic mass is 19.4. The lowest BCUT2D eigenvalue weighted by atomic mass is 10.1. The van der Waals surface area contributed by atoms with Crippen LogP contribution in [0.25, 0.3) is 0 Å². The van der Waals surface area contributed by atoms with Crippen molar-refractivity contribution in [3.63, 3.8) is 0 Å². The zero-order chi connectivity index (χ0) is 19.1. The molecule has 2 aliphatic rings. The number of hydrogen-bond acceptors (Lipinski definition) is 2. The van der Waals surface area contributed by atoms with Gasteiger partial charge in [0.2, 0.25) is 5.91 Å². The molecule has 5 nitrogen and oxygen atoms in total. The van der Waals surface area contributed by atoms with Crippen LogP contribution in [0.3, 0.4) is 0 Å². The van der Waals surface area contributed by atoms with Crippen LogP contribution in [-0.4, -0.2) is 36.0 Å². The second-order valence-corrected chi connectivity index (χ2v) is 6.50. The Morgan fingerprint density at radius 3 is 2.35 bits per heavy atom. The van der Waals surface area contributed by atoms with Crippen LogP contribution in [-0.2, 0) is 11.0 Å². The molecule has 1 heterocycles. The van der Waals surface area contributed by atoms with E-state index in [0.29, 0.717) is 31.1 Å². The van der Waals surface area contributed by atoms with Crippen molar-refractivity contribution in [3.8, 4) is 0 Å². The van der Waals surface area contributed by atoms with Gasteiger partial charge in [-0.15, -0.1) is 0 Å². The van der Waals surface area contributed by atoms with Crippen LogP contribution in [0.1, 0.15) is 24.8 Å². The molecule has 1 atom stereocenters. The third kappa shape index (κ3) is 4.05. The molecule has 0 spiro atoms. The van der Waals surface area contributed by atoms with Crippen LogP contribution >= 0.6 is 0 Å². The van der Waals surface area contributed by atoms with Gasteiger partial charge >= 0.3 is 12.2 Å². The largest absolute Gasteiger partial charge is 0.422 e. The van der Waals surface area contributed by atoms with E-state index in [4.69, 9.17) is 0 Å². The summed E-state index contributed by atoms with van der Waals surface area (Å²) in [7, 11) is 0. The first-order valence-corrected chi connectivity index (χ1v) is 8.05. The average molecular weight is 377 g/mol. The van der Waals surface area contributed by atoms with Crippen LogP contribution in [0, 0.1) is 17.6 Å². The number of likely N-dealkylation sites (tertiary alicyclic amines) is 1. The van der Waals surface area contributed by atoms with Crippen molar-refractivity contribution >= 4 is 17.6 Å². The number of halogens is 5. The second-order valence-electron chi connectivity index (χ2n) is 6.50. The number of carbonyl (C=O) groups is 2. The first-order chi connectivity index (χ1) is 12.1. The zero-order valence-electron chi connectivity index (χ0n) is 13.5. The van der Waals surface area contributed by atoms with Gasteiger partial charge in [0.25, 0.3) is 0 Å². The van der Waals surface area contributed by atoms with Crippen molar-refractivity contribution in [2.75, 3.05) is 18.4 Å². The van der Waals surface area contributed by atoms with Crippen molar-refractivity contribution in [2.45, 2.75) is 31.5 Å². The van der Waals surface area contributed by atoms with Gasteiger partial charge in [0.1, 0.15) is 17.2 Å². The topological polar surface area (TPSA) is 61.4 Å². The third-order valence-corrected chi connectivity index (χ3v) is 4.36. The Kier molecular flexibility index (Phi) is 4.76. The monoisotopic (exact) mass is 377 g/mol. The summed E-state index contributed by atoms with van der Waals surface area (Å²) in [4.78, 5) is 25.4. The van der Waals surface area contributed by atoms with E-state index in [1.807, 2.05) is 0 Å². The maximum Gasteiger partial charge on any atom is 0.422 e. The molecule has 142 valence electrons. The number of urea groups is 1. The molecule has 1 saturated carbocycles. The van der Waals surface area contributed by atoms with Crippen LogP contribution < -0.4 is 10.6 Å². The molecule has 0 bridgehead atoms. The molecule has 1 aromatic carbocycles. The molecule has 0 unspecified atom stereocenters. The van der Waals surface area contributed by atoms with Gasteiger partial charge in [-0.1, -0.05) is 0 Å². The third-order valence-electron chi connectivity index (χ3n) is 4.36. The highest BCUT2D eigenvalue weighted by Crippen LogP contribution is 2.35. The van der Waals surface area contributed by atoms with Gasteiger partial charge in [-0.05, 0) is 25.0 Å². The fraction of sp³-hybridized carbons (Fsp3) is 0.500. The Labute approximate surface area is 145 Å². The number of anilines is 1. The molecular weight excluding hydrogens is 361 g/mol. The summed E-state index contributed by atoms with van der Waals surface area (Å²) in [6.45, 7) is 0.708. The van der Waals surface area contributed by atoms with E-state index in [9.17, 15) is 31.5 Å². The zero-order valence-corrected chi connectivity index (χ0v) is 13.5. The molecule has 0 aromatic heterocycles. The molecule has 3 rings (SSSR count). The van der Waals surface area contributed by atoms with Crippen LogP contribution in [0.5, 0.6) is 0 Å². The minimum absolute atomic E-state index is 0.0339. The van der Waals surface area contributed by atoms with Crippen LogP contribution in [0.15, 0.2) is 12.1 Å². The van der Waals surface area contributed by atoms with E-state index in [1.54, 1.807) is 4.90 Å². The Balaban J connectivity index is 1.54. The lowest BCUT2D eigenvalue weighted by Crippen LogP contribution is -2.34. The van der Waals surface area contributed by atoms with E-state index in [0.717, 1.165) is 12.8 Å². The fourth-order valence-corrected chi connectivity index (χ4v) is 3.01. The number of hydrogen-bond donors (Lipinski definition) is 2. The summed E-state index contributed by atoms with van der Waals surface area (Å²) in [5.74, 6) is -3.66. The smallest absolute Gasteiger partial charge is 0.339 e. The fourth-order valence-electron chi connectivity index (χ4n) is 3.01. The predicted molar refractivity (Wildman–Crippen MR) is 81.2 cm³/mol. The average Bonchev–Trinajstić information content (AvgIpc) is 3.26. The normalized spacial score (nSPS) is 20.4. The van der Waals surface area contributed by atoms with E-state index < -0.39 is 35.1 Å². The molecule has 10 heteroatoms. The van der Waals surface area contributed by atoms with Crippen LogP contribution in [0.4, 0.5) is 32.4 Å². The summed E-state index contributed by atoms with van der Waals surface area (Å²) in [5.41, 5.74) is -2.44. The van der Waals surface area contributed by atoms with E-state index in [-0.39, 0.29) is 18.4 Å². The van der Waals surface area contributed by atoms with Crippen LogP contribution in [0.2, 0.25) is 0 Å². The molecule has 1 aliphatic heterocycles. The summed E-state index contributed by atoms with van der Waals surface area (Å²) < 4.78 is 64.5. The molecule has 1 saturated heterocycles. The summed E-state index contributed by atoms with van der Waals surface area (Å²) in [6, 6.07) is 0.277. The van der Waals surface area contributed by atoms with E-state index in [2.05, 4.69) is 10.6 Å². The second kappa shape index (κ2) is 6.73. The lowest BCUT2D eigenvalue weighted by molar-refractivity contribution is -0.142. The Bertz CT molecular complexity index is 710. The Hall–Kier alpha value is -2.39. The minimum Gasteiger partial charge on any atom is -0.339 e. The number of nitrogens with zero attached hydrogens (tertiary/aromatic N) is 1. The Morgan fingerprint density at radius 1 is 1.19 bits per heavy atom. The SMILES string of the molecule is O=C(NC[C@@H]1CC(=O)N(C2CC2)C1)Nc1cc(F)c(C(F)(F)F)c(F)c1. The number of alkyl halides is 3. The first kappa shape index (κ1) is 18.4. The summed E-state index contributed by atoms with van der Waals surface area (Å²) in [5, 5.41) is 4.55. The number of carbonyl (C=O) groups excluding carboxylic acids is 2. The standard InChI is InChI=1S/C16H16F5N3O2/c17-11-4-9(5-12(18)14(11)16(19,20)21)23-15(26)22-6-8-3-13(25)24(7-8)10-1-2-10/h4-5,8,10H,1-3,6-7H2,(H2,22,23,26)/t8-/m0/s1. The van der Waals surface area contributed by atoms with E-state index >= 15 is 0 Å². The molecule has 0 radical (unpaired) electrons. The van der Waals surface area contributed by atoms with Crippen molar-refractivity contribution in [2.24, 2.45) is 5.92 Å². The molecule has 2 N–H and O–H groups in total. The van der Waals surface area contributed by atoms with Gasteiger partial charge in [-0.2, -0.15) is 13.2 Å². The van der Waals surface area contributed by atoms with Crippen molar-refractivity contribution in [1.82, 2.24) is 10.2 Å². The predicted octanol–water partition coefficient (Wildman–Crippen LogP) is 3.12. The quantitative estimate of drug-likeness (QED) is 0.792. The molecular formula is C16H16F5N3O2. The lowest BCUT2D eigenvalue weighted by Gasteiger charge is -2.16. The summed E-state index contributed by atoms with van der Waals surface area (Å²) in [6.07, 6.45) is -2.90. The number of benzene rings is 1. The number of nitrogens with one attached hydrogen (secondary N) is 2. The molecule has 2 fully saturated rings. The minimum atomic E-state index is -5.17. The molecule has 1 aliphatic carbocycles. The number of amides is 3. The molecule has 1 aromatic rings. The van der Waals surface area contributed by atoms with Gasteiger partial charge in [0, 0.05) is 37.2 Å². The maximum atomic E-state index is 13.5. The van der Waals surface area contributed by atoms with E-state index in [1.165, 1.54) is 0 Å². The molecule has 3 amide bonds. The van der Waals surface area contributed by atoms with Gasteiger partial charge < -0.3 is 15.5 Å². The van der Waals surface area contributed by atoms with Crippen molar-refractivity contribution < 1.29 is 31.5 Å². The summed E-state index contributed by atoms with van der Waals surface area (Å²) >= 11 is 0. The number of rotatable bonds is 4. The molecule has 26 heavy (non-hydrogen) atoms. The highest BCUT2D eigenvalue weighted by molar-refractivity contribution is 5.89. The van der Waals surface area contributed by atoms with Crippen molar-refractivity contribution in [1.29, 1.82) is 0 Å². The van der Waals surface area contributed by atoms with Gasteiger partial charge in [0.15, 0.2) is 0 Å². The van der Waals surface area contributed by atoms with Gasteiger partial charge in [-0.25, -0.2) is 13.6 Å². The van der Waals surface area contributed by atoms with Gasteiger partial charge in [0.05, 0.1) is 0 Å². The first-order valence-electron chi connectivity index (χ1n) is 8.05. The maximum absolute atomic E-state index is 13.5.